The zero-order valence-electron chi connectivity index (χ0n) is 10.1. The monoisotopic (exact) mass is 257 g/mol. The first kappa shape index (κ1) is 12.7. The lowest BCUT2D eigenvalue weighted by molar-refractivity contribution is -0.385. The second kappa shape index (κ2) is 5.26. The molecule has 0 bridgehead atoms. The number of azo groups is 1. The highest BCUT2D eigenvalue weighted by molar-refractivity contribution is 5.56. The second-order valence-corrected chi connectivity index (χ2v) is 3.89. The zero-order chi connectivity index (χ0) is 13.8. The predicted molar refractivity (Wildman–Crippen MR) is 70.1 cm³/mol. The molecule has 0 aliphatic rings. The standard InChI is InChI=1S/C13H11N3O3/c1-9-12(3-2-4-13(9)16(18)19)15-14-10-5-7-11(17)8-6-10/h2-8,17H,1H3. The molecule has 0 spiro atoms. The predicted octanol–water partition coefficient (Wildman–Crippen LogP) is 4.02. The average molecular weight is 257 g/mol. The van der Waals surface area contributed by atoms with Gasteiger partial charge < -0.3 is 5.11 Å². The highest BCUT2D eigenvalue weighted by atomic mass is 16.6. The number of benzene rings is 2. The molecule has 0 aromatic heterocycles. The fourth-order valence-corrected chi connectivity index (χ4v) is 1.55. The van der Waals surface area contributed by atoms with Crippen molar-refractivity contribution < 1.29 is 10.0 Å². The Bertz CT molecular complexity index is 636. The van der Waals surface area contributed by atoms with Gasteiger partial charge in [0.05, 0.1) is 21.9 Å². The number of phenolic OH excluding ortho intramolecular Hbond substituents is 1. The van der Waals surface area contributed by atoms with Crippen molar-refractivity contribution in [2.75, 3.05) is 0 Å². The van der Waals surface area contributed by atoms with Crippen molar-refractivity contribution >= 4 is 17.1 Å². The number of rotatable bonds is 3. The Morgan fingerprint density at radius 2 is 1.79 bits per heavy atom. The Hall–Kier alpha value is -2.76. The van der Waals surface area contributed by atoms with E-state index in [4.69, 9.17) is 5.11 Å². The molecule has 2 rings (SSSR count). The molecule has 0 saturated carbocycles. The van der Waals surface area contributed by atoms with Crippen LogP contribution in [0.25, 0.3) is 0 Å². The summed E-state index contributed by atoms with van der Waals surface area (Å²) in [6.45, 7) is 1.63. The van der Waals surface area contributed by atoms with Gasteiger partial charge in [0.1, 0.15) is 5.75 Å². The molecular formula is C13H11N3O3. The maximum absolute atomic E-state index is 10.8. The van der Waals surface area contributed by atoms with Crippen molar-refractivity contribution in [1.82, 2.24) is 0 Å². The maximum Gasteiger partial charge on any atom is 0.274 e. The van der Waals surface area contributed by atoms with Crippen molar-refractivity contribution in [1.29, 1.82) is 0 Å². The Balaban J connectivity index is 2.31. The van der Waals surface area contributed by atoms with Gasteiger partial charge >= 0.3 is 0 Å². The smallest absolute Gasteiger partial charge is 0.274 e. The molecule has 6 heteroatoms. The Morgan fingerprint density at radius 1 is 1.11 bits per heavy atom. The van der Waals surface area contributed by atoms with Crippen LogP contribution in [0, 0.1) is 17.0 Å². The van der Waals surface area contributed by atoms with E-state index in [9.17, 15) is 10.1 Å². The molecule has 2 aromatic carbocycles. The van der Waals surface area contributed by atoms with E-state index in [1.807, 2.05) is 0 Å². The lowest BCUT2D eigenvalue weighted by atomic mass is 10.1. The molecular weight excluding hydrogens is 246 g/mol. The van der Waals surface area contributed by atoms with Gasteiger partial charge in [-0.1, -0.05) is 6.07 Å². The summed E-state index contributed by atoms with van der Waals surface area (Å²) in [5, 5.41) is 27.9. The fourth-order valence-electron chi connectivity index (χ4n) is 1.55. The van der Waals surface area contributed by atoms with Gasteiger partial charge in [0.15, 0.2) is 0 Å². The van der Waals surface area contributed by atoms with Gasteiger partial charge in [-0.05, 0) is 37.3 Å². The lowest BCUT2D eigenvalue weighted by Crippen LogP contribution is -1.90. The first-order valence-electron chi connectivity index (χ1n) is 5.52. The molecule has 0 heterocycles. The summed E-state index contributed by atoms with van der Waals surface area (Å²) in [6, 6.07) is 10.8. The fraction of sp³-hybridized carbons (Fsp3) is 0.0769. The van der Waals surface area contributed by atoms with Gasteiger partial charge in [-0.25, -0.2) is 0 Å². The van der Waals surface area contributed by atoms with Crippen LogP contribution in [0.2, 0.25) is 0 Å². The van der Waals surface area contributed by atoms with Crippen molar-refractivity contribution in [3.8, 4) is 5.75 Å². The third kappa shape index (κ3) is 2.92. The van der Waals surface area contributed by atoms with Crippen molar-refractivity contribution in [2.45, 2.75) is 6.92 Å². The third-order valence-corrected chi connectivity index (χ3v) is 2.60. The van der Waals surface area contributed by atoms with Crippen LogP contribution in [0.15, 0.2) is 52.7 Å². The Labute approximate surface area is 109 Å². The van der Waals surface area contributed by atoms with Crippen LogP contribution >= 0.6 is 0 Å². The summed E-state index contributed by atoms with van der Waals surface area (Å²) in [5.41, 5.74) is 1.49. The molecule has 96 valence electrons. The number of hydrogen-bond acceptors (Lipinski definition) is 5. The molecule has 0 amide bonds. The molecule has 19 heavy (non-hydrogen) atoms. The first-order chi connectivity index (χ1) is 9.08. The minimum atomic E-state index is -0.449. The van der Waals surface area contributed by atoms with E-state index in [-0.39, 0.29) is 11.4 Å². The van der Waals surface area contributed by atoms with E-state index < -0.39 is 4.92 Å². The summed E-state index contributed by atoms with van der Waals surface area (Å²) >= 11 is 0. The summed E-state index contributed by atoms with van der Waals surface area (Å²) < 4.78 is 0. The largest absolute Gasteiger partial charge is 0.508 e. The first-order valence-corrected chi connectivity index (χ1v) is 5.52. The molecule has 0 atom stereocenters. The van der Waals surface area contributed by atoms with Crippen LogP contribution in [-0.2, 0) is 0 Å². The van der Waals surface area contributed by atoms with E-state index in [1.54, 1.807) is 31.2 Å². The van der Waals surface area contributed by atoms with Crippen molar-refractivity contribution in [3.05, 3.63) is 58.1 Å². The highest BCUT2D eigenvalue weighted by Gasteiger charge is 2.12. The minimum absolute atomic E-state index is 0.0159. The van der Waals surface area contributed by atoms with E-state index in [2.05, 4.69) is 10.2 Å². The van der Waals surface area contributed by atoms with Gasteiger partial charge in [0, 0.05) is 6.07 Å². The van der Waals surface area contributed by atoms with Crippen molar-refractivity contribution in [2.24, 2.45) is 10.2 Å². The topological polar surface area (TPSA) is 88.1 Å². The van der Waals surface area contributed by atoms with E-state index >= 15 is 0 Å². The third-order valence-electron chi connectivity index (χ3n) is 2.60. The summed E-state index contributed by atoms with van der Waals surface area (Å²) in [7, 11) is 0. The molecule has 0 saturated heterocycles. The number of nitro groups is 1. The van der Waals surface area contributed by atoms with Crippen LogP contribution in [0.1, 0.15) is 5.56 Å². The quantitative estimate of drug-likeness (QED) is 0.511. The molecule has 0 fully saturated rings. The molecule has 0 aliphatic heterocycles. The van der Waals surface area contributed by atoms with Gasteiger partial charge in [-0.3, -0.25) is 10.1 Å². The average Bonchev–Trinajstić information content (AvgIpc) is 2.39. The minimum Gasteiger partial charge on any atom is -0.508 e. The van der Waals surface area contributed by atoms with Crippen LogP contribution < -0.4 is 0 Å². The molecule has 0 unspecified atom stereocenters. The summed E-state index contributed by atoms with van der Waals surface area (Å²) in [6.07, 6.45) is 0. The number of phenols is 1. The summed E-state index contributed by atoms with van der Waals surface area (Å²) in [5.74, 6) is 0.144. The molecule has 1 N–H and O–H groups in total. The number of hydrogen-bond donors (Lipinski definition) is 1. The molecule has 0 radical (unpaired) electrons. The highest BCUT2D eigenvalue weighted by Crippen LogP contribution is 2.29. The maximum atomic E-state index is 10.8. The van der Waals surface area contributed by atoms with Gasteiger partial charge in [0.2, 0.25) is 0 Å². The van der Waals surface area contributed by atoms with Gasteiger partial charge in [-0.15, -0.1) is 0 Å². The Kier molecular flexibility index (Phi) is 3.51. The molecule has 0 aliphatic carbocycles. The normalized spacial score (nSPS) is 10.8. The number of aromatic hydroxyl groups is 1. The summed E-state index contributed by atoms with van der Waals surface area (Å²) in [4.78, 5) is 10.3. The van der Waals surface area contributed by atoms with Crippen LogP contribution in [0.5, 0.6) is 5.75 Å². The zero-order valence-corrected chi connectivity index (χ0v) is 10.1. The van der Waals surface area contributed by atoms with Crippen LogP contribution in [0.3, 0.4) is 0 Å². The van der Waals surface area contributed by atoms with E-state index in [1.165, 1.54) is 18.2 Å². The second-order valence-electron chi connectivity index (χ2n) is 3.89. The number of nitrogens with zero attached hydrogens (tertiary/aromatic N) is 3. The van der Waals surface area contributed by atoms with E-state index in [0.717, 1.165) is 0 Å². The van der Waals surface area contributed by atoms with Crippen molar-refractivity contribution in [3.63, 3.8) is 0 Å². The lowest BCUT2D eigenvalue weighted by Gasteiger charge is -2.00. The molecule has 6 nitrogen and oxygen atoms in total. The van der Waals surface area contributed by atoms with Gasteiger partial charge in [0.25, 0.3) is 5.69 Å². The SMILES string of the molecule is Cc1c(N=Nc2ccc(O)cc2)cccc1[N+](=O)[O-]. The van der Waals surface area contributed by atoms with Crippen LogP contribution in [-0.4, -0.2) is 10.0 Å². The van der Waals surface area contributed by atoms with E-state index in [0.29, 0.717) is 16.9 Å². The number of nitro benzene ring substituents is 1. The van der Waals surface area contributed by atoms with Gasteiger partial charge in [-0.2, -0.15) is 10.2 Å². The molecule has 2 aromatic rings. The Morgan fingerprint density at radius 3 is 2.42 bits per heavy atom. The van der Waals surface area contributed by atoms with Crippen LogP contribution in [0.4, 0.5) is 17.1 Å².